The number of likely N-dealkylation sites (N-methyl/N-ethyl adjacent to an activating group) is 1. The highest BCUT2D eigenvalue weighted by Gasteiger charge is 2.24. The molecule has 0 spiro atoms. The van der Waals surface area contributed by atoms with Gasteiger partial charge in [-0.3, -0.25) is 14.5 Å². The second kappa shape index (κ2) is 7.24. The fourth-order valence-corrected chi connectivity index (χ4v) is 1.71. The van der Waals surface area contributed by atoms with Crippen LogP contribution >= 0.6 is 0 Å². The zero-order valence-electron chi connectivity index (χ0n) is 10.6. The van der Waals surface area contributed by atoms with Crippen molar-refractivity contribution < 1.29 is 9.59 Å². The van der Waals surface area contributed by atoms with E-state index in [0.29, 0.717) is 25.7 Å². The number of hydrogen-bond donors (Lipinski definition) is 3. The lowest BCUT2D eigenvalue weighted by Gasteiger charge is -2.37. The molecule has 1 fully saturated rings. The maximum atomic E-state index is 11.6. The fourth-order valence-electron chi connectivity index (χ4n) is 1.71. The molecular formula is C11H22N4O2. The predicted octanol–water partition coefficient (Wildman–Crippen LogP) is -1.47. The fraction of sp³-hybridized carbons (Fsp3) is 0.818. The van der Waals surface area contributed by atoms with E-state index < -0.39 is 0 Å². The SMILES string of the molecule is CCN(CC(=O)NCCNC(C)=O)C1CNC1. The number of carbonyl (C=O) groups excluding carboxylic acids is 2. The Bertz CT molecular complexity index is 266. The number of rotatable bonds is 7. The summed E-state index contributed by atoms with van der Waals surface area (Å²) in [5, 5.41) is 8.62. The largest absolute Gasteiger partial charge is 0.355 e. The molecule has 0 saturated carbocycles. The molecule has 0 aliphatic carbocycles. The molecule has 0 aromatic heterocycles. The Morgan fingerprint density at radius 3 is 2.41 bits per heavy atom. The summed E-state index contributed by atoms with van der Waals surface area (Å²) in [6.07, 6.45) is 0. The van der Waals surface area contributed by atoms with E-state index in [1.54, 1.807) is 0 Å². The van der Waals surface area contributed by atoms with E-state index in [2.05, 4.69) is 27.8 Å². The summed E-state index contributed by atoms with van der Waals surface area (Å²) in [4.78, 5) is 24.4. The van der Waals surface area contributed by atoms with E-state index in [1.807, 2.05) is 0 Å². The average Bonchev–Trinajstić information content (AvgIpc) is 2.20. The molecule has 1 rings (SSSR count). The van der Waals surface area contributed by atoms with E-state index in [1.165, 1.54) is 6.92 Å². The quantitative estimate of drug-likeness (QED) is 0.477. The molecule has 1 aliphatic rings. The maximum Gasteiger partial charge on any atom is 0.234 e. The molecule has 6 nitrogen and oxygen atoms in total. The zero-order valence-corrected chi connectivity index (χ0v) is 10.6. The van der Waals surface area contributed by atoms with Crippen molar-refractivity contribution in [3.63, 3.8) is 0 Å². The minimum Gasteiger partial charge on any atom is -0.355 e. The van der Waals surface area contributed by atoms with Gasteiger partial charge in [0.15, 0.2) is 0 Å². The molecule has 3 N–H and O–H groups in total. The van der Waals surface area contributed by atoms with Gasteiger partial charge in [0.05, 0.1) is 6.54 Å². The number of amides is 2. The van der Waals surface area contributed by atoms with E-state index >= 15 is 0 Å². The molecular weight excluding hydrogens is 220 g/mol. The lowest BCUT2D eigenvalue weighted by Crippen LogP contribution is -2.58. The first-order chi connectivity index (χ1) is 8.13. The molecule has 98 valence electrons. The van der Waals surface area contributed by atoms with Crippen LogP contribution in [-0.2, 0) is 9.59 Å². The van der Waals surface area contributed by atoms with Gasteiger partial charge in [-0.2, -0.15) is 0 Å². The van der Waals surface area contributed by atoms with Gasteiger partial charge in [-0.05, 0) is 6.54 Å². The Labute approximate surface area is 102 Å². The third-order valence-electron chi connectivity index (χ3n) is 2.85. The standard InChI is InChI=1S/C11H22N4O2/c1-3-15(10-6-12-7-10)8-11(17)14-5-4-13-9(2)16/h10,12H,3-8H2,1-2H3,(H,13,16)(H,14,17). The molecule has 0 atom stereocenters. The molecule has 6 heteroatoms. The van der Waals surface area contributed by atoms with Crippen LogP contribution in [0.15, 0.2) is 0 Å². The molecule has 2 amide bonds. The Morgan fingerprint density at radius 1 is 1.29 bits per heavy atom. The van der Waals surface area contributed by atoms with Crippen LogP contribution < -0.4 is 16.0 Å². The molecule has 0 unspecified atom stereocenters. The van der Waals surface area contributed by atoms with Gasteiger partial charge in [0, 0.05) is 39.1 Å². The van der Waals surface area contributed by atoms with Gasteiger partial charge in [-0.25, -0.2) is 0 Å². The van der Waals surface area contributed by atoms with Crippen LogP contribution in [0, 0.1) is 0 Å². The molecule has 0 aromatic rings. The first kappa shape index (κ1) is 13.9. The monoisotopic (exact) mass is 242 g/mol. The molecule has 0 radical (unpaired) electrons. The van der Waals surface area contributed by atoms with Gasteiger partial charge in [0.25, 0.3) is 0 Å². The average molecular weight is 242 g/mol. The zero-order chi connectivity index (χ0) is 12.7. The number of nitrogens with one attached hydrogen (secondary N) is 3. The van der Waals surface area contributed by atoms with Crippen molar-refractivity contribution in [2.45, 2.75) is 19.9 Å². The van der Waals surface area contributed by atoms with Crippen molar-refractivity contribution in [3.8, 4) is 0 Å². The van der Waals surface area contributed by atoms with E-state index in [9.17, 15) is 9.59 Å². The Balaban J connectivity index is 2.12. The molecule has 17 heavy (non-hydrogen) atoms. The minimum atomic E-state index is -0.0741. The van der Waals surface area contributed by atoms with Crippen LogP contribution in [0.5, 0.6) is 0 Å². The van der Waals surface area contributed by atoms with Crippen LogP contribution in [0.2, 0.25) is 0 Å². The smallest absolute Gasteiger partial charge is 0.234 e. The van der Waals surface area contributed by atoms with E-state index in [-0.39, 0.29) is 11.8 Å². The Kier molecular flexibility index (Phi) is 5.93. The number of nitrogens with zero attached hydrogens (tertiary/aromatic N) is 1. The Hall–Kier alpha value is -1.14. The molecule has 1 saturated heterocycles. The van der Waals surface area contributed by atoms with Crippen LogP contribution in [0.4, 0.5) is 0 Å². The van der Waals surface area contributed by atoms with Gasteiger partial charge in [-0.15, -0.1) is 0 Å². The second-order valence-electron chi connectivity index (χ2n) is 4.21. The number of hydrogen-bond acceptors (Lipinski definition) is 4. The molecule has 1 heterocycles. The van der Waals surface area contributed by atoms with Gasteiger partial charge < -0.3 is 16.0 Å². The first-order valence-electron chi connectivity index (χ1n) is 6.09. The van der Waals surface area contributed by atoms with Gasteiger partial charge in [-0.1, -0.05) is 6.92 Å². The van der Waals surface area contributed by atoms with Crippen LogP contribution in [0.1, 0.15) is 13.8 Å². The van der Waals surface area contributed by atoms with E-state index in [0.717, 1.165) is 19.6 Å². The highest BCUT2D eigenvalue weighted by atomic mass is 16.2. The summed E-state index contributed by atoms with van der Waals surface area (Å²) >= 11 is 0. The summed E-state index contributed by atoms with van der Waals surface area (Å²) in [6, 6.07) is 0.487. The van der Waals surface area contributed by atoms with E-state index in [4.69, 9.17) is 0 Å². The summed E-state index contributed by atoms with van der Waals surface area (Å²) in [6.45, 7) is 7.73. The third kappa shape index (κ3) is 5.14. The number of carbonyl (C=O) groups is 2. The topological polar surface area (TPSA) is 73.5 Å². The summed E-state index contributed by atoms with van der Waals surface area (Å²) in [5.74, 6) is -0.0564. The maximum absolute atomic E-state index is 11.6. The van der Waals surface area contributed by atoms with Crippen LogP contribution in [0.25, 0.3) is 0 Å². The highest BCUT2D eigenvalue weighted by Crippen LogP contribution is 2.03. The van der Waals surface area contributed by atoms with Crippen molar-refractivity contribution in [3.05, 3.63) is 0 Å². The van der Waals surface area contributed by atoms with Gasteiger partial charge in [0.1, 0.15) is 0 Å². The predicted molar refractivity (Wildman–Crippen MR) is 65.6 cm³/mol. The third-order valence-corrected chi connectivity index (χ3v) is 2.85. The highest BCUT2D eigenvalue weighted by molar-refractivity contribution is 5.78. The molecule has 1 aliphatic heterocycles. The summed E-state index contributed by atoms with van der Waals surface area (Å²) in [5.41, 5.74) is 0. The normalized spacial score (nSPS) is 15.5. The first-order valence-corrected chi connectivity index (χ1v) is 6.09. The van der Waals surface area contributed by atoms with Crippen LogP contribution in [-0.4, -0.2) is 62.0 Å². The molecule has 0 aromatic carbocycles. The lowest BCUT2D eigenvalue weighted by atomic mass is 10.1. The lowest BCUT2D eigenvalue weighted by molar-refractivity contribution is -0.123. The van der Waals surface area contributed by atoms with Crippen molar-refractivity contribution >= 4 is 11.8 Å². The molecule has 0 bridgehead atoms. The van der Waals surface area contributed by atoms with Crippen molar-refractivity contribution in [2.75, 3.05) is 39.3 Å². The Morgan fingerprint density at radius 2 is 1.94 bits per heavy atom. The minimum absolute atomic E-state index is 0.0177. The summed E-state index contributed by atoms with van der Waals surface area (Å²) < 4.78 is 0. The van der Waals surface area contributed by atoms with Gasteiger partial charge in [0.2, 0.25) is 11.8 Å². The van der Waals surface area contributed by atoms with Crippen molar-refractivity contribution in [2.24, 2.45) is 0 Å². The van der Waals surface area contributed by atoms with Crippen molar-refractivity contribution in [1.29, 1.82) is 0 Å². The second-order valence-corrected chi connectivity index (χ2v) is 4.21. The summed E-state index contributed by atoms with van der Waals surface area (Å²) in [7, 11) is 0. The van der Waals surface area contributed by atoms with Gasteiger partial charge >= 0.3 is 0 Å². The van der Waals surface area contributed by atoms with Crippen LogP contribution in [0.3, 0.4) is 0 Å². The van der Waals surface area contributed by atoms with Crippen molar-refractivity contribution in [1.82, 2.24) is 20.9 Å².